The first-order chi connectivity index (χ1) is 8.79. The molecule has 1 aliphatic heterocycles. The summed E-state index contributed by atoms with van der Waals surface area (Å²) >= 11 is 0. The van der Waals surface area contributed by atoms with Crippen LogP contribution in [0, 0.1) is 0 Å². The van der Waals surface area contributed by atoms with E-state index in [-0.39, 0.29) is 23.5 Å². The van der Waals surface area contributed by atoms with Crippen molar-refractivity contribution in [2.45, 2.75) is 30.7 Å². The van der Waals surface area contributed by atoms with E-state index in [1.807, 2.05) is 13.8 Å². The van der Waals surface area contributed by atoms with Crippen LogP contribution in [0.25, 0.3) is 0 Å². The first-order valence-electron chi connectivity index (χ1n) is 5.81. The normalized spacial score (nSPS) is 18.0. The monoisotopic (exact) mass is 303 g/mol. The average molecular weight is 304 g/mol. The molecular weight excluding hydrogens is 290 g/mol. The summed E-state index contributed by atoms with van der Waals surface area (Å²) in [6, 6.07) is 4.29. The molecule has 0 bridgehead atoms. The number of carbonyl (C=O) groups is 1. The van der Waals surface area contributed by atoms with Crippen molar-refractivity contribution in [1.82, 2.24) is 5.32 Å². The molecule has 0 saturated heterocycles. The Balaban J connectivity index is 2.35. The fraction of sp³-hybridized carbons (Fsp3) is 0.417. The van der Waals surface area contributed by atoms with Crippen molar-refractivity contribution < 1.29 is 17.9 Å². The number of carbonyl (C=O) groups excluding carboxylic acids is 1. The summed E-state index contributed by atoms with van der Waals surface area (Å²) in [5, 5.41) is 2.78. The maximum absolute atomic E-state index is 12.0. The van der Waals surface area contributed by atoms with Gasteiger partial charge in [0.2, 0.25) is 5.91 Å². The van der Waals surface area contributed by atoms with Gasteiger partial charge in [-0.25, -0.2) is 8.42 Å². The molecule has 1 heterocycles. The zero-order chi connectivity index (χ0) is 14.2. The molecule has 0 aromatic heterocycles. The Labute approximate surface area is 116 Å². The van der Waals surface area contributed by atoms with Gasteiger partial charge in [0.1, 0.15) is 18.3 Å². The Bertz CT molecular complexity index is 612. The highest BCUT2D eigenvalue weighted by Gasteiger charge is 2.31. The maximum atomic E-state index is 12.0. The van der Waals surface area contributed by atoms with Crippen LogP contribution in [0.5, 0.6) is 5.75 Å². The van der Waals surface area contributed by atoms with E-state index < -0.39 is 15.0 Å². The zero-order valence-electron chi connectivity index (χ0n) is 10.5. The van der Waals surface area contributed by atoms with E-state index in [1.165, 1.54) is 18.2 Å². The first kappa shape index (κ1) is 14.1. The number of benzene rings is 1. The number of nitrogens with one attached hydrogen (secondary N) is 1. The Morgan fingerprint density at radius 3 is 2.74 bits per heavy atom. The SMILES string of the molecule is CC(C)NC(=O)C1COc2ccc(S(=O)(=O)Cl)cc21. The van der Waals surface area contributed by atoms with Gasteiger partial charge in [-0.05, 0) is 32.0 Å². The van der Waals surface area contributed by atoms with Gasteiger partial charge in [0, 0.05) is 22.3 Å². The summed E-state index contributed by atoms with van der Waals surface area (Å²) < 4.78 is 28.0. The lowest BCUT2D eigenvalue weighted by Crippen LogP contribution is -2.35. The van der Waals surface area contributed by atoms with Crippen LogP contribution in [0.4, 0.5) is 0 Å². The molecule has 5 nitrogen and oxygen atoms in total. The number of hydrogen-bond donors (Lipinski definition) is 1. The Hall–Kier alpha value is -1.27. The molecule has 0 radical (unpaired) electrons. The molecule has 19 heavy (non-hydrogen) atoms. The lowest BCUT2D eigenvalue weighted by atomic mass is 10.0. The Morgan fingerprint density at radius 2 is 2.16 bits per heavy atom. The molecule has 2 rings (SSSR count). The second-order valence-electron chi connectivity index (χ2n) is 4.66. The topological polar surface area (TPSA) is 72.5 Å². The van der Waals surface area contributed by atoms with Crippen LogP contribution < -0.4 is 10.1 Å². The highest BCUT2D eigenvalue weighted by Crippen LogP contribution is 2.36. The van der Waals surface area contributed by atoms with Gasteiger partial charge in [0.05, 0.1) is 4.90 Å². The van der Waals surface area contributed by atoms with Crippen LogP contribution in [-0.4, -0.2) is 27.0 Å². The second-order valence-corrected chi connectivity index (χ2v) is 7.23. The predicted octanol–water partition coefficient (Wildman–Crippen LogP) is 1.61. The molecule has 1 N–H and O–H groups in total. The van der Waals surface area contributed by atoms with E-state index in [4.69, 9.17) is 15.4 Å². The van der Waals surface area contributed by atoms with Crippen molar-refractivity contribution in [3.05, 3.63) is 23.8 Å². The van der Waals surface area contributed by atoms with E-state index in [0.29, 0.717) is 11.3 Å². The van der Waals surface area contributed by atoms with E-state index in [0.717, 1.165) is 0 Å². The molecule has 1 amide bonds. The van der Waals surface area contributed by atoms with Gasteiger partial charge in [-0.15, -0.1) is 0 Å². The van der Waals surface area contributed by atoms with Gasteiger partial charge in [0.25, 0.3) is 9.05 Å². The number of hydrogen-bond acceptors (Lipinski definition) is 4. The van der Waals surface area contributed by atoms with Gasteiger partial charge < -0.3 is 10.1 Å². The minimum absolute atomic E-state index is 0.0106. The highest BCUT2D eigenvalue weighted by atomic mass is 35.7. The Morgan fingerprint density at radius 1 is 1.47 bits per heavy atom. The number of amides is 1. The van der Waals surface area contributed by atoms with Gasteiger partial charge in [-0.1, -0.05) is 0 Å². The number of ether oxygens (including phenoxy) is 1. The van der Waals surface area contributed by atoms with E-state index >= 15 is 0 Å². The fourth-order valence-corrected chi connectivity index (χ4v) is 2.73. The number of halogens is 1. The molecule has 1 aromatic carbocycles. The van der Waals surface area contributed by atoms with Gasteiger partial charge in [0.15, 0.2) is 0 Å². The van der Waals surface area contributed by atoms with Crippen LogP contribution >= 0.6 is 10.7 Å². The average Bonchev–Trinajstić information content (AvgIpc) is 2.69. The molecule has 104 valence electrons. The molecule has 0 saturated carbocycles. The van der Waals surface area contributed by atoms with Crippen LogP contribution in [-0.2, 0) is 13.8 Å². The molecule has 7 heteroatoms. The first-order valence-corrected chi connectivity index (χ1v) is 8.12. The Kier molecular flexibility index (Phi) is 3.73. The summed E-state index contributed by atoms with van der Waals surface area (Å²) in [5.74, 6) is -0.165. The standard InChI is InChI=1S/C12H14ClNO4S/c1-7(2)14-12(15)10-6-18-11-4-3-8(5-9(10)11)19(13,16)17/h3-5,7,10H,6H2,1-2H3,(H,14,15). The molecular formula is C12H14ClNO4S. The van der Waals surface area contributed by atoms with Gasteiger partial charge >= 0.3 is 0 Å². The largest absolute Gasteiger partial charge is 0.492 e. The summed E-state index contributed by atoms with van der Waals surface area (Å²) in [6.07, 6.45) is 0. The zero-order valence-corrected chi connectivity index (χ0v) is 12.1. The predicted molar refractivity (Wildman–Crippen MR) is 71.0 cm³/mol. The van der Waals surface area contributed by atoms with Gasteiger partial charge in [-0.3, -0.25) is 4.79 Å². The van der Waals surface area contributed by atoms with Crippen LogP contribution in [0.15, 0.2) is 23.1 Å². The van der Waals surface area contributed by atoms with Crippen molar-refractivity contribution in [3.63, 3.8) is 0 Å². The van der Waals surface area contributed by atoms with Crippen LogP contribution in [0.2, 0.25) is 0 Å². The minimum Gasteiger partial charge on any atom is -0.492 e. The molecule has 1 aromatic rings. The fourth-order valence-electron chi connectivity index (χ4n) is 1.95. The summed E-state index contributed by atoms with van der Waals surface area (Å²) in [6.45, 7) is 3.92. The lowest BCUT2D eigenvalue weighted by Gasteiger charge is -2.13. The van der Waals surface area contributed by atoms with Crippen LogP contribution in [0.3, 0.4) is 0 Å². The number of rotatable bonds is 3. The smallest absolute Gasteiger partial charge is 0.261 e. The second kappa shape index (κ2) is 5.02. The maximum Gasteiger partial charge on any atom is 0.261 e. The molecule has 1 aliphatic rings. The van der Waals surface area contributed by atoms with E-state index in [9.17, 15) is 13.2 Å². The molecule has 1 unspecified atom stereocenters. The molecule has 0 spiro atoms. The van der Waals surface area contributed by atoms with Crippen LogP contribution in [0.1, 0.15) is 25.3 Å². The van der Waals surface area contributed by atoms with E-state index in [1.54, 1.807) is 0 Å². The summed E-state index contributed by atoms with van der Waals surface area (Å²) in [5.41, 5.74) is 0.555. The minimum atomic E-state index is -3.81. The quantitative estimate of drug-likeness (QED) is 0.861. The highest BCUT2D eigenvalue weighted by molar-refractivity contribution is 8.13. The van der Waals surface area contributed by atoms with Crippen molar-refractivity contribution in [1.29, 1.82) is 0 Å². The third kappa shape index (κ3) is 3.01. The summed E-state index contributed by atoms with van der Waals surface area (Å²) in [4.78, 5) is 12.0. The van der Waals surface area contributed by atoms with Gasteiger partial charge in [-0.2, -0.15) is 0 Å². The third-order valence-corrected chi connectivity index (χ3v) is 4.14. The summed E-state index contributed by atoms with van der Waals surface area (Å²) in [7, 11) is 1.49. The molecule has 1 atom stereocenters. The lowest BCUT2D eigenvalue weighted by molar-refractivity contribution is -0.123. The number of fused-ring (bicyclic) bond motifs is 1. The third-order valence-electron chi connectivity index (χ3n) is 2.79. The van der Waals surface area contributed by atoms with Crippen molar-refractivity contribution >= 4 is 25.6 Å². The van der Waals surface area contributed by atoms with E-state index in [2.05, 4.69) is 5.32 Å². The molecule has 0 fully saturated rings. The van der Waals surface area contributed by atoms with Crippen molar-refractivity contribution in [2.24, 2.45) is 0 Å². The van der Waals surface area contributed by atoms with Crippen molar-refractivity contribution in [3.8, 4) is 5.75 Å². The van der Waals surface area contributed by atoms with Crippen molar-refractivity contribution in [2.75, 3.05) is 6.61 Å². The molecule has 0 aliphatic carbocycles.